The summed E-state index contributed by atoms with van der Waals surface area (Å²) in [4.78, 5) is 5.64. The average Bonchev–Trinajstić information content (AvgIpc) is 2.96. The molecule has 0 spiro atoms. The Morgan fingerprint density at radius 3 is 3.00 bits per heavy atom. The first-order valence-electron chi connectivity index (χ1n) is 5.09. The van der Waals surface area contributed by atoms with Crippen molar-refractivity contribution in [1.82, 2.24) is 9.38 Å². The maximum Gasteiger partial charge on any atom is 0.154 e. The van der Waals surface area contributed by atoms with Gasteiger partial charge in [-0.05, 0) is 23.1 Å². The molecule has 0 aromatic carbocycles. The number of nitrogens with zero attached hydrogens (tertiary/aromatic N) is 2. The lowest BCUT2D eigenvalue weighted by Gasteiger charge is -2.02. The maximum atomic E-state index is 5.71. The van der Waals surface area contributed by atoms with Crippen LogP contribution in [0.25, 0.3) is 16.2 Å². The van der Waals surface area contributed by atoms with Crippen molar-refractivity contribution in [1.29, 1.82) is 0 Å². The third-order valence-electron chi connectivity index (χ3n) is 2.62. The quantitative estimate of drug-likeness (QED) is 0.733. The molecule has 0 saturated heterocycles. The Bertz CT molecular complexity index is 610. The van der Waals surface area contributed by atoms with Gasteiger partial charge >= 0.3 is 0 Å². The third-order valence-corrected chi connectivity index (χ3v) is 3.49. The van der Waals surface area contributed by atoms with Crippen LogP contribution in [0.4, 0.5) is 0 Å². The van der Waals surface area contributed by atoms with Crippen LogP contribution in [-0.2, 0) is 6.54 Å². The van der Waals surface area contributed by atoms with E-state index in [1.807, 2.05) is 30.6 Å². The fourth-order valence-corrected chi connectivity index (χ4v) is 2.56. The van der Waals surface area contributed by atoms with Gasteiger partial charge in [-0.2, -0.15) is 0 Å². The first-order valence-corrected chi connectivity index (χ1v) is 5.97. The molecule has 16 heavy (non-hydrogen) atoms. The number of rotatable bonds is 2. The molecule has 0 aliphatic heterocycles. The van der Waals surface area contributed by atoms with Gasteiger partial charge in [0.05, 0.1) is 16.6 Å². The summed E-state index contributed by atoms with van der Waals surface area (Å²) in [6.07, 6.45) is 3.91. The zero-order chi connectivity index (χ0) is 11.0. The predicted octanol–water partition coefficient (Wildman–Crippen LogP) is 2.52. The van der Waals surface area contributed by atoms with Crippen molar-refractivity contribution in [2.45, 2.75) is 6.54 Å². The lowest BCUT2D eigenvalue weighted by molar-refractivity contribution is 1.05. The highest BCUT2D eigenvalue weighted by Crippen LogP contribution is 2.25. The van der Waals surface area contributed by atoms with Crippen molar-refractivity contribution >= 4 is 16.9 Å². The second-order valence-corrected chi connectivity index (χ2v) is 4.50. The second-order valence-electron chi connectivity index (χ2n) is 3.55. The summed E-state index contributed by atoms with van der Waals surface area (Å²) in [5.41, 5.74) is 7.92. The fourth-order valence-electron chi connectivity index (χ4n) is 1.84. The minimum absolute atomic E-state index is 0.542. The molecule has 0 atom stereocenters. The molecular formula is C12H11N3S. The molecule has 4 heteroatoms. The molecule has 0 aliphatic rings. The SMILES string of the molecule is NCc1cccn2c(-c3cccs3)ncc12. The van der Waals surface area contributed by atoms with Gasteiger partial charge in [0, 0.05) is 12.7 Å². The van der Waals surface area contributed by atoms with Gasteiger partial charge in [-0.1, -0.05) is 12.1 Å². The highest BCUT2D eigenvalue weighted by Gasteiger charge is 2.08. The number of nitrogens with two attached hydrogens (primary N) is 1. The normalized spacial score (nSPS) is 11.1. The van der Waals surface area contributed by atoms with E-state index in [0.717, 1.165) is 16.9 Å². The number of thiophene rings is 1. The molecule has 3 nitrogen and oxygen atoms in total. The van der Waals surface area contributed by atoms with E-state index in [-0.39, 0.29) is 0 Å². The van der Waals surface area contributed by atoms with E-state index in [4.69, 9.17) is 5.73 Å². The summed E-state index contributed by atoms with van der Waals surface area (Å²) >= 11 is 1.69. The van der Waals surface area contributed by atoms with Gasteiger partial charge in [-0.3, -0.25) is 4.40 Å². The minimum Gasteiger partial charge on any atom is -0.326 e. The molecule has 80 valence electrons. The molecule has 2 N–H and O–H groups in total. The van der Waals surface area contributed by atoms with E-state index in [1.54, 1.807) is 11.3 Å². The maximum absolute atomic E-state index is 5.71. The number of hydrogen-bond acceptors (Lipinski definition) is 3. The Hall–Kier alpha value is -1.65. The van der Waals surface area contributed by atoms with E-state index in [0.29, 0.717) is 6.54 Å². The third kappa shape index (κ3) is 1.35. The van der Waals surface area contributed by atoms with E-state index < -0.39 is 0 Å². The van der Waals surface area contributed by atoms with Crippen molar-refractivity contribution in [3.63, 3.8) is 0 Å². The van der Waals surface area contributed by atoms with E-state index in [1.165, 1.54) is 4.88 Å². The lowest BCUT2D eigenvalue weighted by atomic mass is 10.2. The molecule has 3 rings (SSSR count). The Kier molecular flexibility index (Phi) is 2.23. The molecular weight excluding hydrogens is 218 g/mol. The summed E-state index contributed by atoms with van der Waals surface area (Å²) in [7, 11) is 0. The molecule has 0 aliphatic carbocycles. The Balaban J connectivity index is 2.29. The monoisotopic (exact) mass is 229 g/mol. The van der Waals surface area contributed by atoms with Crippen LogP contribution in [0.2, 0.25) is 0 Å². The fraction of sp³-hybridized carbons (Fsp3) is 0.0833. The molecule has 0 saturated carbocycles. The predicted molar refractivity (Wildman–Crippen MR) is 66.4 cm³/mol. The molecule has 3 heterocycles. The smallest absolute Gasteiger partial charge is 0.154 e. The summed E-state index contributed by atoms with van der Waals surface area (Å²) in [5.74, 6) is 0.986. The van der Waals surface area contributed by atoms with Crippen LogP contribution < -0.4 is 5.73 Å². The zero-order valence-corrected chi connectivity index (χ0v) is 9.45. The van der Waals surface area contributed by atoms with Gasteiger partial charge in [-0.15, -0.1) is 11.3 Å². The molecule has 0 fully saturated rings. The molecule has 0 radical (unpaired) electrons. The van der Waals surface area contributed by atoms with Crippen LogP contribution in [0.1, 0.15) is 5.56 Å². The standard InChI is InChI=1S/C12H11N3S/c13-7-9-3-1-5-15-10(9)8-14-12(15)11-4-2-6-16-11/h1-6,8H,7,13H2. The van der Waals surface area contributed by atoms with Crippen molar-refractivity contribution in [3.8, 4) is 10.7 Å². The number of fused-ring (bicyclic) bond motifs is 1. The van der Waals surface area contributed by atoms with Crippen LogP contribution in [0.5, 0.6) is 0 Å². The lowest BCUT2D eigenvalue weighted by Crippen LogP contribution is -1.99. The first kappa shape index (κ1) is 9.57. The van der Waals surface area contributed by atoms with Crippen LogP contribution in [0, 0.1) is 0 Å². The van der Waals surface area contributed by atoms with Crippen molar-refractivity contribution < 1.29 is 0 Å². The van der Waals surface area contributed by atoms with Crippen molar-refractivity contribution in [2.75, 3.05) is 0 Å². The Morgan fingerprint density at radius 2 is 2.25 bits per heavy atom. The largest absolute Gasteiger partial charge is 0.326 e. The van der Waals surface area contributed by atoms with Gasteiger partial charge in [0.2, 0.25) is 0 Å². The number of pyridine rings is 1. The number of imidazole rings is 1. The van der Waals surface area contributed by atoms with E-state index >= 15 is 0 Å². The highest BCUT2D eigenvalue weighted by atomic mass is 32.1. The van der Waals surface area contributed by atoms with Gasteiger partial charge in [-0.25, -0.2) is 4.98 Å². The number of aromatic nitrogens is 2. The van der Waals surface area contributed by atoms with Crippen molar-refractivity contribution in [3.05, 3.63) is 47.6 Å². The molecule has 3 aromatic heterocycles. The van der Waals surface area contributed by atoms with Crippen LogP contribution in [-0.4, -0.2) is 9.38 Å². The Morgan fingerprint density at radius 1 is 1.31 bits per heavy atom. The summed E-state index contributed by atoms with van der Waals surface area (Å²) in [6, 6.07) is 8.16. The molecule has 0 unspecified atom stereocenters. The minimum atomic E-state index is 0.542. The summed E-state index contributed by atoms with van der Waals surface area (Å²) < 4.78 is 2.09. The van der Waals surface area contributed by atoms with Crippen LogP contribution >= 0.6 is 11.3 Å². The topological polar surface area (TPSA) is 43.3 Å². The number of hydrogen-bond donors (Lipinski definition) is 1. The van der Waals surface area contributed by atoms with Crippen molar-refractivity contribution in [2.24, 2.45) is 5.73 Å². The molecule has 3 aromatic rings. The second kappa shape index (κ2) is 3.73. The highest BCUT2D eigenvalue weighted by molar-refractivity contribution is 7.13. The zero-order valence-electron chi connectivity index (χ0n) is 8.63. The molecule has 0 bridgehead atoms. The van der Waals surface area contributed by atoms with Gasteiger partial charge in [0.25, 0.3) is 0 Å². The molecule has 0 amide bonds. The Labute approximate surface area is 97.2 Å². The van der Waals surface area contributed by atoms with E-state index in [2.05, 4.69) is 20.8 Å². The first-order chi connectivity index (χ1) is 7.90. The van der Waals surface area contributed by atoms with Crippen LogP contribution in [0.3, 0.4) is 0 Å². The summed E-state index contributed by atoms with van der Waals surface area (Å²) in [6.45, 7) is 0.542. The van der Waals surface area contributed by atoms with Gasteiger partial charge in [0.1, 0.15) is 0 Å². The average molecular weight is 229 g/mol. The van der Waals surface area contributed by atoms with E-state index in [9.17, 15) is 0 Å². The van der Waals surface area contributed by atoms with Gasteiger partial charge < -0.3 is 5.73 Å². The van der Waals surface area contributed by atoms with Gasteiger partial charge in [0.15, 0.2) is 5.82 Å². The van der Waals surface area contributed by atoms with Crippen LogP contribution in [0.15, 0.2) is 42.0 Å². The summed E-state index contributed by atoms with van der Waals surface area (Å²) in [5, 5.41) is 2.06.